The van der Waals surface area contributed by atoms with Crippen LogP contribution in [0.25, 0.3) is 0 Å². The molecule has 0 unspecified atom stereocenters. The van der Waals surface area contributed by atoms with Crippen LogP contribution in [-0.4, -0.2) is 24.0 Å². The number of likely N-dealkylation sites (tertiary alicyclic amines) is 1. The summed E-state index contributed by atoms with van der Waals surface area (Å²) < 4.78 is 13.6. The van der Waals surface area contributed by atoms with Crippen LogP contribution >= 0.6 is 11.6 Å². The maximum Gasteiger partial charge on any atom is 0.129 e. The normalized spacial score (nSPS) is 22.4. The Kier molecular flexibility index (Phi) is 4.37. The van der Waals surface area contributed by atoms with Gasteiger partial charge in [-0.05, 0) is 44.5 Å². The van der Waals surface area contributed by atoms with E-state index in [0.29, 0.717) is 23.2 Å². The number of hydrogen-bond acceptors (Lipinski definition) is 2. The Bertz CT molecular complexity index is 384. The maximum absolute atomic E-state index is 13.6. The van der Waals surface area contributed by atoms with Gasteiger partial charge in [-0.3, -0.25) is 4.90 Å². The highest BCUT2D eigenvalue weighted by atomic mass is 35.5. The molecule has 0 radical (unpaired) electrons. The molecule has 0 spiro atoms. The molecular formula is C13H18ClFN2. The first-order valence-electron chi connectivity index (χ1n) is 6.07. The first-order chi connectivity index (χ1) is 8.15. The van der Waals surface area contributed by atoms with E-state index in [1.54, 1.807) is 12.1 Å². The van der Waals surface area contributed by atoms with Gasteiger partial charge in [-0.25, -0.2) is 4.39 Å². The molecule has 0 aromatic heterocycles. The predicted octanol–water partition coefficient (Wildman–Crippen LogP) is 2.79. The second kappa shape index (κ2) is 5.80. The van der Waals surface area contributed by atoms with Crippen molar-refractivity contribution < 1.29 is 4.39 Å². The quantitative estimate of drug-likeness (QED) is 0.882. The van der Waals surface area contributed by atoms with Crippen LogP contribution in [-0.2, 0) is 6.54 Å². The van der Waals surface area contributed by atoms with Crippen molar-refractivity contribution >= 4 is 11.6 Å². The van der Waals surface area contributed by atoms with Gasteiger partial charge in [-0.15, -0.1) is 0 Å². The van der Waals surface area contributed by atoms with Gasteiger partial charge in [0.05, 0.1) is 0 Å². The fourth-order valence-corrected chi connectivity index (χ4v) is 2.39. The highest BCUT2D eigenvalue weighted by Gasteiger charge is 2.15. The largest absolute Gasteiger partial charge is 0.328 e. The minimum atomic E-state index is -0.217. The number of nitrogens with two attached hydrogens (primary N) is 1. The fourth-order valence-electron chi connectivity index (χ4n) is 2.23. The van der Waals surface area contributed by atoms with Gasteiger partial charge in [0.15, 0.2) is 0 Å². The third-order valence-corrected chi connectivity index (χ3v) is 3.51. The van der Waals surface area contributed by atoms with Crippen molar-refractivity contribution in [2.75, 3.05) is 13.1 Å². The third-order valence-electron chi connectivity index (χ3n) is 3.27. The lowest BCUT2D eigenvalue weighted by atomic mass is 10.1. The van der Waals surface area contributed by atoms with E-state index in [1.165, 1.54) is 6.07 Å². The summed E-state index contributed by atoms with van der Waals surface area (Å²) in [5.41, 5.74) is 6.63. The Morgan fingerprint density at radius 2 is 2.18 bits per heavy atom. The summed E-state index contributed by atoms with van der Waals surface area (Å²) in [6.45, 7) is 2.59. The van der Waals surface area contributed by atoms with Crippen molar-refractivity contribution in [2.45, 2.75) is 31.8 Å². The van der Waals surface area contributed by atoms with Crippen LogP contribution in [0, 0.1) is 5.82 Å². The Hall–Kier alpha value is -0.640. The summed E-state index contributed by atoms with van der Waals surface area (Å²) in [4.78, 5) is 2.26. The molecule has 1 aromatic rings. The zero-order valence-corrected chi connectivity index (χ0v) is 10.6. The highest BCUT2D eigenvalue weighted by Crippen LogP contribution is 2.18. The summed E-state index contributed by atoms with van der Waals surface area (Å²) >= 11 is 5.73. The van der Waals surface area contributed by atoms with Crippen LogP contribution in [0.2, 0.25) is 5.02 Å². The summed E-state index contributed by atoms with van der Waals surface area (Å²) in [6.07, 6.45) is 3.16. The molecule has 2 nitrogen and oxygen atoms in total. The van der Waals surface area contributed by atoms with Gasteiger partial charge >= 0.3 is 0 Å². The first kappa shape index (κ1) is 12.8. The van der Waals surface area contributed by atoms with Crippen LogP contribution in [0.3, 0.4) is 0 Å². The molecule has 0 bridgehead atoms. The van der Waals surface area contributed by atoms with E-state index in [2.05, 4.69) is 4.90 Å². The molecule has 1 aliphatic heterocycles. The Morgan fingerprint density at radius 1 is 1.35 bits per heavy atom. The van der Waals surface area contributed by atoms with E-state index in [9.17, 15) is 4.39 Å². The molecule has 0 amide bonds. The van der Waals surface area contributed by atoms with Crippen molar-refractivity contribution in [2.24, 2.45) is 5.73 Å². The molecule has 1 heterocycles. The number of halogens is 2. The lowest BCUT2D eigenvalue weighted by Gasteiger charge is -2.20. The molecule has 2 N–H and O–H groups in total. The standard InChI is InChI=1S/C13H18ClFN2/c14-11-4-3-10(13(15)8-11)9-17-6-1-2-12(16)5-7-17/h3-4,8,12H,1-2,5-7,9,16H2/t12-/m1/s1. The Balaban J connectivity index is 2.00. The molecule has 1 fully saturated rings. The van der Waals surface area contributed by atoms with Crippen molar-refractivity contribution in [1.29, 1.82) is 0 Å². The fraction of sp³-hybridized carbons (Fsp3) is 0.538. The number of nitrogens with zero attached hydrogens (tertiary/aromatic N) is 1. The van der Waals surface area contributed by atoms with E-state index in [0.717, 1.165) is 32.4 Å². The lowest BCUT2D eigenvalue weighted by molar-refractivity contribution is 0.272. The van der Waals surface area contributed by atoms with Gasteiger partial charge in [-0.1, -0.05) is 17.7 Å². The van der Waals surface area contributed by atoms with Crippen molar-refractivity contribution in [3.05, 3.63) is 34.6 Å². The average Bonchev–Trinajstić information content (AvgIpc) is 2.48. The topological polar surface area (TPSA) is 29.3 Å². The monoisotopic (exact) mass is 256 g/mol. The highest BCUT2D eigenvalue weighted by molar-refractivity contribution is 6.30. The van der Waals surface area contributed by atoms with Gasteiger partial charge in [0.25, 0.3) is 0 Å². The van der Waals surface area contributed by atoms with Gasteiger partial charge < -0.3 is 5.73 Å². The lowest BCUT2D eigenvalue weighted by Crippen LogP contribution is -2.26. The van der Waals surface area contributed by atoms with Crippen LogP contribution < -0.4 is 5.73 Å². The molecule has 1 aromatic carbocycles. The minimum absolute atomic E-state index is 0.217. The van der Waals surface area contributed by atoms with E-state index >= 15 is 0 Å². The molecule has 1 aliphatic rings. The summed E-state index contributed by atoms with van der Waals surface area (Å²) in [5.74, 6) is -0.217. The van der Waals surface area contributed by atoms with Crippen LogP contribution in [0.1, 0.15) is 24.8 Å². The molecule has 4 heteroatoms. The van der Waals surface area contributed by atoms with E-state index in [4.69, 9.17) is 17.3 Å². The molecule has 2 rings (SSSR count). The zero-order chi connectivity index (χ0) is 12.3. The molecule has 0 aliphatic carbocycles. The number of rotatable bonds is 2. The van der Waals surface area contributed by atoms with Crippen molar-refractivity contribution in [3.63, 3.8) is 0 Å². The summed E-state index contributed by atoms with van der Waals surface area (Å²) in [7, 11) is 0. The van der Waals surface area contributed by atoms with E-state index < -0.39 is 0 Å². The van der Waals surface area contributed by atoms with E-state index in [1.807, 2.05) is 0 Å². The Morgan fingerprint density at radius 3 is 2.94 bits per heavy atom. The average molecular weight is 257 g/mol. The second-order valence-electron chi connectivity index (χ2n) is 4.70. The van der Waals surface area contributed by atoms with Gasteiger partial charge in [0.1, 0.15) is 5.82 Å². The smallest absolute Gasteiger partial charge is 0.129 e. The molecular weight excluding hydrogens is 239 g/mol. The minimum Gasteiger partial charge on any atom is -0.328 e. The van der Waals surface area contributed by atoms with Crippen LogP contribution in [0.5, 0.6) is 0 Å². The van der Waals surface area contributed by atoms with Crippen molar-refractivity contribution in [3.8, 4) is 0 Å². The molecule has 1 saturated heterocycles. The first-order valence-corrected chi connectivity index (χ1v) is 6.45. The van der Waals surface area contributed by atoms with Gasteiger partial charge in [0.2, 0.25) is 0 Å². The SMILES string of the molecule is N[C@@H]1CCCN(Cc2ccc(Cl)cc2F)CC1. The summed E-state index contributed by atoms with van der Waals surface area (Å²) in [5, 5.41) is 0.448. The van der Waals surface area contributed by atoms with Gasteiger partial charge in [-0.2, -0.15) is 0 Å². The molecule has 94 valence electrons. The van der Waals surface area contributed by atoms with Gasteiger partial charge in [0, 0.05) is 23.2 Å². The molecule has 1 atom stereocenters. The van der Waals surface area contributed by atoms with E-state index in [-0.39, 0.29) is 5.82 Å². The number of hydrogen-bond donors (Lipinski definition) is 1. The zero-order valence-electron chi connectivity index (χ0n) is 9.83. The molecule has 17 heavy (non-hydrogen) atoms. The van der Waals surface area contributed by atoms with Crippen LogP contribution in [0.4, 0.5) is 4.39 Å². The number of benzene rings is 1. The Labute approximate surface area is 107 Å². The van der Waals surface area contributed by atoms with Crippen molar-refractivity contribution in [1.82, 2.24) is 4.90 Å². The maximum atomic E-state index is 13.6. The predicted molar refractivity (Wildman–Crippen MR) is 68.5 cm³/mol. The molecule has 0 saturated carbocycles. The third kappa shape index (κ3) is 3.66. The summed E-state index contributed by atoms with van der Waals surface area (Å²) in [6, 6.07) is 5.18. The van der Waals surface area contributed by atoms with Crippen LogP contribution in [0.15, 0.2) is 18.2 Å². The second-order valence-corrected chi connectivity index (χ2v) is 5.14.